The van der Waals surface area contributed by atoms with E-state index >= 15 is 0 Å². The number of aromatic nitrogens is 1. The van der Waals surface area contributed by atoms with Gasteiger partial charge in [0.2, 0.25) is 0 Å². The van der Waals surface area contributed by atoms with Gasteiger partial charge in [0.25, 0.3) is 0 Å². The summed E-state index contributed by atoms with van der Waals surface area (Å²) in [5.41, 5.74) is 1.40. The van der Waals surface area contributed by atoms with Crippen molar-refractivity contribution in [1.82, 2.24) is 10.3 Å². The van der Waals surface area contributed by atoms with Crippen LogP contribution < -0.4 is 10.2 Å². The predicted octanol–water partition coefficient (Wildman–Crippen LogP) is 4.36. The van der Waals surface area contributed by atoms with Gasteiger partial charge in [0, 0.05) is 41.4 Å². The molecule has 0 bridgehead atoms. The van der Waals surface area contributed by atoms with Crippen LogP contribution in [0.4, 0.5) is 5.82 Å². The Morgan fingerprint density at radius 1 is 1.38 bits per heavy atom. The van der Waals surface area contributed by atoms with E-state index in [0.29, 0.717) is 0 Å². The summed E-state index contributed by atoms with van der Waals surface area (Å²) in [6.07, 6.45) is 5.85. The van der Waals surface area contributed by atoms with Crippen molar-refractivity contribution in [2.75, 3.05) is 18.0 Å². The normalized spacial score (nSPS) is 15.3. The van der Waals surface area contributed by atoms with Gasteiger partial charge in [0.15, 0.2) is 0 Å². The molecule has 3 nitrogen and oxygen atoms in total. The molecule has 1 aliphatic carbocycles. The minimum Gasteiger partial charge on any atom is -0.356 e. The molecule has 2 rings (SSSR count). The quantitative estimate of drug-likeness (QED) is 0.789. The van der Waals surface area contributed by atoms with Gasteiger partial charge in [-0.2, -0.15) is 0 Å². The Kier molecular flexibility index (Phi) is 5.67. The summed E-state index contributed by atoms with van der Waals surface area (Å²) in [6, 6.07) is 2.20. The Balaban J connectivity index is 2.18. The molecule has 21 heavy (non-hydrogen) atoms. The lowest BCUT2D eigenvalue weighted by Crippen LogP contribution is -2.36. The van der Waals surface area contributed by atoms with E-state index in [1.54, 1.807) is 0 Å². The van der Waals surface area contributed by atoms with Crippen LogP contribution in [-0.4, -0.2) is 23.6 Å². The molecule has 1 aromatic rings. The second-order valence-electron chi connectivity index (χ2n) is 7.13. The molecule has 0 amide bonds. The van der Waals surface area contributed by atoms with E-state index in [4.69, 9.17) is 4.98 Å². The van der Waals surface area contributed by atoms with E-state index in [1.807, 2.05) is 6.20 Å². The number of hydrogen-bond donors (Lipinski definition) is 1. The monoisotopic (exact) mass is 353 g/mol. The predicted molar refractivity (Wildman–Crippen MR) is 93.8 cm³/mol. The fraction of sp³-hybridized carbons (Fsp3) is 0.706. The van der Waals surface area contributed by atoms with Crippen molar-refractivity contribution in [1.29, 1.82) is 0 Å². The Hall–Kier alpha value is -0.610. The summed E-state index contributed by atoms with van der Waals surface area (Å²) in [4.78, 5) is 7.19. The molecular formula is C17H28BrN3. The third-order valence-corrected chi connectivity index (χ3v) is 4.12. The van der Waals surface area contributed by atoms with Gasteiger partial charge in [-0.15, -0.1) is 0 Å². The van der Waals surface area contributed by atoms with Crippen molar-refractivity contribution in [2.45, 2.75) is 59.0 Å². The van der Waals surface area contributed by atoms with Gasteiger partial charge in [-0.1, -0.05) is 6.92 Å². The maximum Gasteiger partial charge on any atom is 0.133 e. The zero-order valence-electron chi connectivity index (χ0n) is 13.7. The highest BCUT2D eigenvalue weighted by molar-refractivity contribution is 9.10. The molecule has 1 aliphatic rings. The van der Waals surface area contributed by atoms with Crippen molar-refractivity contribution in [2.24, 2.45) is 5.92 Å². The molecular weight excluding hydrogens is 326 g/mol. The molecule has 0 spiro atoms. The minimum absolute atomic E-state index is 0.117. The van der Waals surface area contributed by atoms with Crippen LogP contribution in [-0.2, 0) is 6.54 Å². The largest absolute Gasteiger partial charge is 0.356 e. The lowest BCUT2D eigenvalue weighted by molar-refractivity contribution is 0.423. The van der Waals surface area contributed by atoms with Crippen LogP contribution in [0.25, 0.3) is 0 Å². The average molecular weight is 354 g/mol. The molecule has 1 saturated carbocycles. The van der Waals surface area contributed by atoms with Crippen molar-refractivity contribution < 1.29 is 0 Å². The van der Waals surface area contributed by atoms with Gasteiger partial charge in [-0.05, 0) is 67.9 Å². The Morgan fingerprint density at radius 2 is 2.10 bits per heavy atom. The number of rotatable bonds is 7. The molecule has 0 aromatic carbocycles. The average Bonchev–Trinajstić information content (AvgIpc) is 3.19. The first-order chi connectivity index (χ1) is 9.89. The first-order valence-corrected chi connectivity index (χ1v) is 8.82. The van der Waals surface area contributed by atoms with Gasteiger partial charge in [-0.25, -0.2) is 4.98 Å². The van der Waals surface area contributed by atoms with Gasteiger partial charge >= 0.3 is 0 Å². The molecule has 1 N–H and O–H groups in total. The van der Waals surface area contributed by atoms with Crippen LogP contribution in [0, 0.1) is 5.92 Å². The number of halogens is 1. The summed E-state index contributed by atoms with van der Waals surface area (Å²) in [5, 5.41) is 3.58. The maximum atomic E-state index is 4.72. The highest BCUT2D eigenvalue weighted by Gasteiger charge is 2.26. The summed E-state index contributed by atoms with van der Waals surface area (Å²) >= 11 is 3.56. The van der Waals surface area contributed by atoms with Crippen LogP contribution in [0.1, 0.15) is 52.5 Å². The molecule has 0 aliphatic heterocycles. The van der Waals surface area contributed by atoms with E-state index in [9.17, 15) is 0 Å². The molecule has 0 radical (unpaired) electrons. The second-order valence-corrected chi connectivity index (χ2v) is 8.04. The third-order valence-electron chi connectivity index (χ3n) is 3.69. The van der Waals surface area contributed by atoms with E-state index in [0.717, 1.165) is 42.3 Å². The molecule has 118 valence electrons. The van der Waals surface area contributed by atoms with E-state index in [1.165, 1.54) is 18.4 Å². The van der Waals surface area contributed by atoms with E-state index < -0.39 is 0 Å². The molecule has 1 fully saturated rings. The van der Waals surface area contributed by atoms with Crippen molar-refractivity contribution in [3.8, 4) is 0 Å². The van der Waals surface area contributed by atoms with Gasteiger partial charge < -0.3 is 10.2 Å². The third kappa shape index (κ3) is 5.59. The van der Waals surface area contributed by atoms with Crippen LogP contribution in [0.5, 0.6) is 0 Å². The molecule has 0 saturated heterocycles. The molecule has 4 heteroatoms. The van der Waals surface area contributed by atoms with Crippen LogP contribution in [0.2, 0.25) is 0 Å². The van der Waals surface area contributed by atoms with E-state index in [-0.39, 0.29) is 5.54 Å². The summed E-state index contributed by atoms with van der Waals surface area (Å²) < 4.78 is 1.06. The summed E-state index contributed by atoms with van der Waals surface area (Å²) in [5.74, 6) is 2.04. The first-order valence-electron chi connectivity index (χ1n) is 8.03. The van der Waals surface area contributed by atoms with Crippen LogP contribution >= 0.6 is 15.9 Å². The SMILES string of the molecule is CCCN(CC1CC1)c1ncc(Br)cc1CNC(C)(C)C. The molecule has 0 unspecified atom stereocenters. The standard InChI is InChI=1S/C17H28BrN3/c1-5-8-21(12-13-6-7-13)16-14(9-15(18)11-19-16)10-20-17(2,3)4/h9,11,13,20H,5-8,10,12H2,1-4H3. The minimum atomic E-state index is 0.117. The Labute approximate surface area is 137 Å². The first kappa shape index (κ1) is 16.8. The van der Waals surface area contributed by atoms with Crippen LogP contribution in [0.3, 0.4) is 0 Å². The fourth-order valence-electron chi connectivity index (χ4n) is 2.41. The van der Waals surface area contributed by atoms with Crippen molar-refractivity contribution >= 4 is 21.7 Å². The van der Waals surface area contributed by atoms with Gasteiger partial charge in [-0.3, -0.25) is 0 Å². The smallest absolute Gasteiger partial charge is 0.133 e. The zero-order chi connectivity index (χ0) is 15.5. The number of hydrogen-bond acceptors (Lipinski definition) is 3. The maximum absolute atomic E-state index is 4.72. The van der Waals surface area contributed by atoms with Gasteiger partial charge in [0.1, 0.15) is 5.82 Å². The highest BCUT2D eigenvalue weighted by Crippen LogP contribution is 2.32. The molecule has 1 heterocycles. The zero-order valence-corrected chi connectivity index (χ0v) is 15.3. The Morgan fingerprint density at radius 3 is 2.67 bits per heavy atom. The lowest BCUT2D eigenvalue weighted by atomic mass is 10.1. The number of nitrogens with one attached hydrogen (secondary N) is 1. The number of anilines is 1. The van der Waals surface area contributed by atoms with Crippen molar-refractivity contribution in [3.05, 3.63) is 22.3 Å². The number of nitrogens with zero attached hydrogens (tertiary/aromatic N) is 2. The topological polar surface area (TPSA) is 28.2 Å². The van der Waals surface area contributed by atoms with Crippen molar-refractivity contribution in [3.63, 3.8) is 0 Å². The Bertz CT molecular complexity index is 464. The highest BCUT2D eigenvalue weighted by atomic mass is 79.9. The lowest BCUT2D eigenvalue weighted by Gasteiger charge is -2.27. The summed E-state index contributed by atoms with van der Waals surface area (Å²) in [7, 11) is 0. The van der Waals surface area contributed by atoms with Crippen LogP contribution in [0.15, 0.2) is 16.7 Å². The summed E-state index contributed by atoms with van der Waals surface area (Å²) in [6.45, 7) is 11.9. The van der Waals surface area contributed by atoms with E-state index in [2.05, 4.69) is 59.9 Å². The van der Waals surface area contributed by atoms with Gasteiger partial charge in [0.05, 0.1) is 0 Å². The fourth-order valence-corrected chi connectivity index (χ4v) is 2.79. The molecule has 0 atom stereocenters. The number of pyridine rings is 1. The second kappa shape index (κ2) is 7.10. The molecule has 1 aromatic heterocycles.